The molecule has 0 aromatic carbocycles. The highest BCUT2D eigenvalue weighted by atomic mass is 32.2. The van der Waals surface area contributed by atoms with E-state index in [0.717, 1.165) is 31.9 Å². The van der Waals surface area contributed by atoms with Crippen molar-refractivity contribution < 1.29 is 36.2 Å². The lowest BCUT2D eigenvalue weighted by Crippen LogP contribution is -2.48. The summed E-state index contributed by atoms with van der Waals surface area (Å²) in [5, 5.41) is 7.12. The van der Waals surface area contributed by atoms with Gasteiger partial charge in [0.15, 0.2) is 11.6 Å². The molecule has 4 heterocycles. The van der Waals surface area contributed by atoms with E-state index < -0.39 is 22.2 Å². The summed E-state index contributed by atoms with van der Waals surface area (Å²) in [4.78, 5) is 26.0. The molecule has 0 atom stereocenters. The number of likely N-dealkylation sites (tertiary alicyclic amines) is 1. The van der Waals surface area contributed by atoms with Gasteiger partial charge in [0.05, 0.1) is 12.8 Å². The van der Waals surface area contributed by atoms with Gasteiger partial charge in [0, 0.05) is 57.6 Å². The van der Waals surface area contributed by atoms with Gasteiger partial charge in [0.2, 0.25) is 16.0 Å². The first-order chi connectivity index (χ1) is 17.8. The number of nitrogens with zero attached hydrogens (tertiary/aromatic N) is 6. The number of carbonyl (C=O) groups is 1. The maximum atomic E-state index is 13.1. The molecule has 2 aliphatic heterocycles. The van der Waals surface area contributed by atoms with Crippen LogP contribution in [0.2, 0.25) is 0 Å². The standard InChI is InChI=1S/C20H29N7O3S.C2HF3O2/c1-25(9-10-26-7-3-4-8-26)19-18(30-2)11-16(12-23-19)31(28,29)27-13-15(14-27)17-5-6-22-20(21)24-17;3-2(4,5)1(6)7/h5-6,11-12,15H,3-4,7-10,13-14H2,1-2H3,(H2,21,22,24);(H,6,7). The molecule has 2 saturated heterocycles. The fourth-order valence-corrected chi connectivity index (χ4v) is 5.48. The Balaban J connectivity index is 0.000000505. The minimum absolute atomic E-state index is 0.00548. The predicted octanol–water partition coefficient (Wildman–Crippen LogP) is 1.42. The number of aliphatic carboxylic acids is 1. The van der Waals surface area contributed by atoms with Crippen LogP contribution in [-0.2, 0) is 14.8 Å². The van der Waals surface area contributed by atoms with Gasteiger partial charge in [0.25, 0.3) is 0 Å². The normalized spacial score (nSPS) is 16.9. The van der Waals surface area contributed by atoms with Crippen LogP contribution in [0.15, 0.2) is 29.4 Å². The van der Waals surface area contributed by atoms with Gasteiger partial charge in [-0.15, -0.1) is 0 Å². The fraction of sp³-hybridized carbons (Fsp3) is 0.545. The maximum Gasteiger partial charge on any atom is 0.490 e. The summed E-state index contributed by atoms with van der Waals surface area (Å²) in [5.74, 6) is -1.47. The Morgan fingerprint density at radius 3 is 2.45 bits per heavy atom. The number of aromatic nitrogens is 3. The van der Waals surface area contributed by atoms with E-state index in [1.807, 2.05) is 11.9 Å². The zero-order valence-electron chi connectivity index (χ0n) is 20.9. The SMILES string of the molecule is COc1cc(S(=O)(=O)N2CC(c3ccnc(N)n3)C2)cnc1N(C)CCN1CCCC1.O=C(O)C(F)(F)F. The molecule has 2 aliphatic rings. The number of hydrogen-bond donors (Lipinski definition) is 2. The van der Waals surface area contributed by atoms with Crippen molar-refractivity contribution in [1.82, 2.24) is 24.2 Å². The van der Waals surface area contributed by atoms with Crippen molar-refractivity contribution in [3.05, 3.63) is 30.2 Å². The number of carboxylic acid groups (broad SMARTS) is 1. The Hall–Kier alpha value is -3.24. The highest BCUT2D eigenvalue weighted by molar-refractivity contribution is 7.89. The average molecular weight is 562 g/mol. The Labute approximate surface area is 218 Å². The number of alkyl halides is 3. The first-order valence-electron chi connectivity index (χ1n) is 11.7. The Bertz CT molecular complexity index is 1220. The van der Waals surface area contributed by atoms with Crippen molar-refractivity contribution in [3.8, 4) is 5.75 Å². The number of pyridine rings is 1. The largest absolute Gasteiger partial charge is 0.493 e. The topological polar surface area (TPSA) is 155 Å². The maximum absolute atomic E-state index is 13.1. The zero-order valence-corrected chi connectivity index (χ0v) is 21.7. The second kappa shape index (κ2) is 12.1. The van der Waals surface area contributed by atoms with Crippen LogP contribution < -0.4 is 15.4 Å². The monoisotopic (exact) mass is 561 g/mol. The number of likely N-dealkylation sites (N-methyl/N-ethyl adjacent to an activating group) is 1. The molecule has 0 unspecified atom stereocenters. The van der Waals surface area contributed by atoms with Crippen LogP contribution in [0.1, 0.15) is 24.5 Å². The minimum atomic E-state index is -5.08. The quantitative estimate of drug-likeness (QED) is 0.481. The van der Waals surface area contributed by atoms with Crippen molar-refractivity contribution in [2.24, 2.45) is 0 Å². The number of methoxy groups -OCH3 is 1. The average Bonchev–Trinajstić information content (AvgIpc) is 3.34. The van der Waals surface area contributed by atoms with Crippen molar-refractivity contribution >= 4 is 27.8 Å². The van der Waals surface area contributed by atoms with Crippen LogP contribution in [-0.4, -0.2) is 103 Å². The summed E-state index contributed by atoms with van der Waals surface area (Å²) in [5.41, 5.74) is 6.39. The van der Waals surface area contributed by atoms with Crippen molar-refractivity contribution in [2.75, 3.05) is 64.1 Å². The van der Waals surface area contributed by atoms with Gasteiger partial charge in [0.1, 0.15) is 4.90 Å². The lowest BCUT2D eigenvalue weighted by Gasteiger charge is -2.37. The molecule has 0 bridgehead atoms. The summed E-state index contributed by atoms with van der Waals surface area (Å²) in [6.45, 7) is 4.70. The second-order valence-electron chi connectivity index (χ2n) is 8.83. The van der Waals surface area contributed by atoms with Gasteiger partial charge in [-0.25, -0.2) is 28.2 Å². The number of sulfonamides is 1. The van der Waals surface area contributed by atoms with Crippen molar-refractivity contribution in [2.45, 2.75) is 29.8 Å². The molecule has 16 heteroatoms. The van der Waals surface area contributed by atoms with Gasteiger partial charge in [-0.05, 0) is 32.0 Å². The smallest absolute Gasteiger partial charge is 0.490 e. The van der Waals surface area contributed by atoms with E-state index in [4.69, 9.17) is 20.4 Å². The van der Waals surface area contributed by atoms with E-state index in [0.29, 0.717) is 24.7 Å². The molecule has 12 nitrogen and oxygen atoms in total. The third-order valence-corrected chi connectivity index (χ3v) is 7.98. The van der Waals surface area contributed by atoms with Gasteiger partial charge >= 0.3 is 12.1 Å². The number of nitrogen functional groups attached to an aromatic ring is 1. The number of nitrogens with two attached hydrogens (primary N) is 1. The number of rotatable bonds is 8. The second-order valence-corrected chi connectivity index (χ2v) is 10.8. The molecule has 0 spiro atoms. The molecule has 2 aromatic rings. The number of hydrogen-bond acceptors (Lipinski definition) is 10. The van der Waals surface area contributed by atoms with Gasteiger partial charge in [-0.2, -0.15) is 17.5 Å². The molecule has 4 rings (SSSR count). The van der Waals surface area contributed by atoms with Crippen molar-refractivity contribution in [3.63, 3.8) is 0 Å². The van der Waals surface area contributed by atoms with E-state index in [-0.39, 0.29) is 16.8 Å². The third kappa shape index (κ3) is 7.20. The van der Waals surface area contributed by atoms with Crippen LogP contribution in [0.25, 0.3) is 0 Å². The highest BCUT2D eigenvalue weighted by Gasteiger charge is 2.39. The number of ether oxygens (including phenoxy) is 1. The van der Waals surface area contributed by atoms with Crippen LogP contribution >= 0.6 is 0 Å². The summed E-state index contributed by atoms with van der Waals surface area (Å²) in [6.07, 6.45) is 0.414. The Kier molecular flexibility index (Phi) is 9.32. The molecule has 210 valence electrons. The van der Waals surface area contributed by atoms with Gasteiger partial charge < -0.3 is 25.4 Å². The summed E-state index contributed by atoms with van der Waals surface area (Å²) in [6, 6.07) is 3.32. The Morgan fingerprint density at radius 1 is 1.26 bits per heavy atom. The summed E-state index contributed by atoms with van der Waals surface area (Å²) >= 11 is 0. The molecule has 0 aliphatic carbocycles. The van der Waals surface area contributed by atoms with Crippen LogP contribution in [0, 0.1) is 0 Å². The summed E-state index contributed by atoms with van der Waals surface area (Å²) < 4.78 is 64.8. The van der Waals surface area contributed by atoms with E-state index in [2.05, 4.69) is 19.9 Å². The van der Waals surface area contributed by atoms with E-state index in [1.165, 1.54) is 30.5 Å². The van der Waals surface area contributed by atoms with Crippen LogP contribution in [0.4, 0.5) is 24.9 Å². The number of halogens is 3. The van der Waals surface area contributed by atoms with Gasteiger partial charge in [-0.3, -0.25) is 0 Å². The zero-order chi connectivity index (χ0) is 28.1. The molecule has 0 saturated carbocycles. The first-order valence-corrected chi connectivity index (χ1v) is 13.1. The van der Waals surface area contributed by atoms with Crippen LogP contribution in [0.5, 0.6) is 5.75 Å². The molecule has 2 aromatic heterocycles. The number of anilines is 2. The number of carboxylic acids is 1. The highest BCUT2D eigenvalue weighted by Crippen LogP contribution is 2.34. The van der Waals surface area contributed by atoms with Crippen LogP contribution in [0.3, 0.4) is 0 Å². The molecule has 3 N–H and O–H groups in total. The lowest BCUT2D eigenvalue weighted by atomic mass is 9.99. The minimum Gasteiger partial charge on any atom is -0.493 e. The van der Waals surface area contributed by atoms with E-state index >= 15 is 0 Å². The molecule has 2 fully saturated rings. The molecule has 38 heavy (non-hydrogen) atoms. The molecule has 0 amide bonds. The molecular weight excluding hydrogens is 531 g/mol. The van der Waals surface area contributed by atoms with E-state index in [9.17, 15) is 21.6 Å². The molecular formula is C22H30F3N7O5S. The van der Waals surface area contributed by atoms with E-state index in [1.54, 1.807) is 18.3 Å². The lowest BCUT2D eigenvalue weighted by molar-refractivity contribution is -0.192. The molecule has 0 radical (unpaired) electrons. The predicted molar refractivity (Wildman–Crippen MR) is 131 cm³/mol. The van der Waals surface area contributed by atoms with Gasteiger partial charge in [-0.1, -0.05) is 0 Å². The third-order valence-electron chi connectivity index (χ3n) is 6.18. The first kappa shape index (κ1) is 29.3. The fourth-order valence-electron chi connectivity index (χ4n) is 3.99. The Morgan fingerprint density at radius 2 is 1.89 bits per heavy atom. The van der Waals surface area contributed by atoms with Crippen molar-refractivity contribution in [1.29, 1.82) is 0 Å². The summed E-state index contributed by atoms with van der Waals surface area (Å²) in [7, 11) is -0.185.